The molecule has 8 nitrogen and oxygen atoms in total. The lowest BCUT2D eigenvalue weighted by Gasteiger charge is -2.36. The number of nitrogens with two attached hydrogens (primary N) is 1. The zero-order valence-corrected chi connectivity index (χ0v) is 15.2. The van der Waals surface area contributed by atoms with Crippen LogP contribution in [0.3, 0.4) is 0 Å². The van der Waals surface area contributed by atoms with Crippen molar-refractivity contribution < 1.29 is 14.4 Å². The molecule has 1 aromatic rings. The summed E-state index contributed by atoms with van der Waals surface area (Å²) in [5, 5.41) is 2.93. The topological polar surface area (TPSA) is 108 Å². The normalized spacial score (nSPS) is 22.1. The molecule has 2 heterocycles. The van der Waals surface area contributed by atoms with E-state index in [-0.39, 0.29) is 11.7 Å². The highest BCUT2D eigenvalue weighted by atomic mass is 32.2. The van der Waals surface area contributed by atoms with Crippen LogP contribution in [0.4, 0.5) is 4.79 Å². The number of likely N-dealkylation sites (N-methyl/N-ethyl adjacent to an activating group) is 1. The summed E-state index contributed by atoms with van der Waals surface area (Å²) in [6.07, 6.45) is 1.09. The van der Waals surface area contributed by atoms with Crippen molar-refractivity contribution in [3.63, 3.8) is 0 Å². The molecule has 138 valence electrons. The molecule has 4 amide bonds. The molecular weight excluding hydrogens is 354 g/mol. The number of carbonyl (C=O) groups is 3. The van der Waals surface area contributed by atoms with E-state index in [9.17, 15) is 14.4 Å². The summed E-state index contributed by atoms with van der Waals surface area (Å²) in [5.41, 5.74) is 6.45. The average Bonchev–Trinajstić information content (AvgIpc) is 2.98. The maximum absolute atomic E-state index is 12.4. The van der Waals surface area contributed by atoms with E-state index in [0.717, 1.165) is 12.8 Å². The Hall–Kier alpha value is -2.55. The number of primary amides is 1. The highest BCUT2D eigenvalue weighted by molar-refractivity contribution is 8.14. The van der Waals surface area contributed by atoms with Gasteiger partial charge >= 0.3 is 6.03 Å². The molecule has 0 radical (unpaired) electrons. The van der Waals surface area contributed by atoms with E-state index in [1.165, 1.54) is 22.2 Å². The quantitative estimate of drug-likeness (QED) is 0.748. The third-order valence-electron chi connectivity index (χ3n) is 4.37. The summed E-state index contributed by atoms with van der Waals surface area (Å²) < 4.78 is 0. The fourth-order valence-electron chi connectivity index (χ4n) is 3.09. The molecule has 2 atom stereocenters. The molecule has 0 saturated carbocycles. The predicted octanol–water partition coefficient (Wildman–Crippen LogP) is 0.386. The number of urea groups is 1. The molecule has 1 saturated heterocycles. The third kappa shape index (κ3) is 3.82. The van der Waals surface area contributed by atoms with Gasteiger partial charge in [-0.05, 0) is 18.4 Å². The van der Waals surface area contributed by atoms with Gasteiger partial charge in [0.2, 0.25) is 5.91 Å². The molecule has 0 aliphatic carbocycles. The minimum atomic E-state index is -0.580. The maximum atomic E-state index is 12.4. The Labute approximate surface area is 155 Å². The zero-order valence-electron chi connectivity index (χ0n) is 14.4. The third-order valence-corrected chi connectivity index (χ3v) is 5.40. The van der Waals surface area contributed by atoms with Crippen molar-refractivity contribution in [1.29, 1.82) is 0 Å². The second-order valence-corrected chi connectivity index (χ2v) is 7.16. The number of amidine groups is 1. The van der Waals surface area contributed by atoms with E-state index in [1.54, 1.807) is 7.05 Å². The number of carbonyl (C=O) groups excluding carboxylic acids is 3. The highest BCUT2D eigenvalue weighted by Crippen LogP contribution is 2.28. The Kier molecular flexibility index (Phi) is 5.46. The Balaban J connectivity index is 1.73. The number of hydrogen-bond donors (Lipinski definition) is 2. The van der Waals surface area contributed by atoms with Crippen molar-refractivity contribution >= 4 is 34.8 Å². The second kappa shape index (κ2) is 7.77. The van der Waals surface area contributed by atoms with E-state index in [4.69, 9.17) is 5.73 Å². The van der Waals surface area contributed by atoms with Crippen LogP contribution in [-0.4, -0.2) is 64.4 Å². The van der Waals surface area contributed by atoms with Gasteiger partial charge in [-0.1, -0.05) is 42.1 Å². The number of amides is 4. The van der Waals surface area contributed by atoms with Crippen LogP contribution in [0.2, 0.25) is 0 Å². The Morgan fingerprint density at radius 2 is 2.04 bits per heavy atom. The lowest BCUT2D eigenvalue weighted by Crippen LogP contribution is -2.63. The van der Waals surface area contributed by atoms with Gasteiger partial charge in [0.15, 0.2) is 17.4 Å². The number of thioether (sulfide) groups is 1. The van der Waals surface area contributed by atoms with E-state index < -0.39 is 24.1 Å². The van der Waals surface area contributed by atoms with Gasteiger partial charge in [-0.15, -0.1) is 0 Å². The predicted molar refractivity (Wildman–Crippen MR) is 99.4 cm³/mol. The molecule has 3 rings (SSSR count). The monoisotopic (exact) mass is 375 g/mol. The molecule has 2 aliphatic rings. The summed E-state index contributed by atoms with van der Waals surface area (Å²) in [6.45, 7) is 0.593. The summed E-state index contributed by atoms with van der Waals surface area (Å²) in [4.78, 5) is 43.2. The molecule has 1 fully saturated rings. The minimum absolute atomic E-state index is 0.0761. The fourth-order valence-corrected chi connectivity index (χ4v) is 3.91. The van der Waals surface area contributed by atoms with Gasteiger partial charge in [0.1, 0.15) is 0 Å². The van der Waals surface area contributed by atoms with Crippen LogP contribution < -0.4 is 11.1 Å². The SMILES string of the molecule is CN1C(=O)NC(=O)C2C1N=C(SCC(N)=O)N2CCCc1ccccc1. The minimum Gasteiger partial charge on any atom is -0.369 e. The lowest BCUT2D eigenvalue weighted by molar-refractivity contribution is -0.127. The van der Waals surface area contributed by atoms with E-state index in [1.807, 2.05) is 23.1 Å². The van der Waals surface area contributed by atoms with Crippen molar-refractivity contribution in [2.45, 2.75) is 25.0 Å². The lowest BCUT2D eigenvalue weighted by atomic mass is 10.1. The van der Waals surface area contributed by atoms with E-state index in [2.05, 4.69) is 22.4 Å². The number of rotatable bonds is 6. The first-order valence-electron chi connectivity index (χ1n) is 8.34. The molecule has 3 N–H and O–H groups in total. The fraction of sp³-hybridized carbons (Fsp3) is 0.412. The van der Waals surface area contributed by atoms with Crippen LogP contribution in [0.1, 0.15) is 12.0 Å². The van der Waals surface area contributed by atoms with Crippen LogP contribution in [0.5, 0.6) is 0 Å². The van der Waals surface area contributed by atoms with Gasteiger partial charge in [0.05, 0.1) is 5.75 Å². The van der Waals surface area contributed by atoms with Gasteiger partial charge in [-0.3, -0.25) is 14.9 Å². The highest BCUT2D eigenvalue weighted by Gasteiger charge is 2.48. The first-order valence-corrected chi connectivity index (χ1v) is 9.33. The van der Waals surface area contributed by atoms with Crippen molar-refractivity contribution in [3.8, 4) is 0 Å². The zero-order chi connectivity index (χ0) is 18.7. The molecule has 26 heavy (non-hydrogen) atoms. The summed E-state index contributed by atoms with van der Waals surface area (Å²) in [5.74, 6) is -0.742. The van der Waals surface area contributed by atoms with Crippen LogP contribution in [-0.2, 0) is 16.0 Å². The van der Waals surface area contributed by atoms with Crippen LogP contribution >= 0.6 is 11.8 Å². The Morgan fingerprint density at radius 1 is 1.31 bits per heavy atom. The molecule has 2 aliphatic heterocycles. The molecule has 9 heteroatoms. The first-order chi connectivity index (χ1) is 12.5. The van der Waals surface area contributed by atoms with Gasteiger partial charge in [0, 0.05) is 13.6 Å². The number of nitrogens with zero attached hydrogens (tertiary/aromatic N) is 3. The van der Waals surface area contributed by atoms with Crippen molar-refractivity contribution in [2.24, 2.45) is 10.7 Å². The maximum Gasteiger partial charge on any atom is 0.325 e. The summed E-state index contributed by atoms with van der Waals surface area (Å²) in [7, 11) is 1.60. The van der Waals surface area contributed by atoms with Crippen LogP contribution in [0, 0.1) is 0 Å². The second-order valence-electron chi connectivity index (χ2n) is 6.21. The van der Waals surface area contributed by atoms with Crippen LogP contribution in [0.25, 0.3) is 0 Å². The number of benzene rings is 1. The van der Waals surface area contributed by atoms with Crippen molar-refractivity contribution in [1.82, 2.24) is 15.1 Å². The largest absolute Gasteiger partial charge is 0.369 e. The number of aliphatic imine (C=N–C) groups is 1. The number of nitrogens with one attached hydrogen (secondary N) is 1. The van der Waals surface area contributed by atoms with E-state index >= 15 is 0 Å². The summed E-state index contributed by atoms with van der Waals surface area (Å²) >= 11 is 1.20. The van der Waals surface area contributed by atoms with Gasteiger partial charge in [0.25, 0.3) is 5.91 Å². The molecular formula is C17H21N5O3S. The molecule has 1 aromatic carbocycles. The molecule has 0 spiro atoms. The number of fused-ring (bicyclic) bond motifs is 1. The molecule has 2 unspecified atom stereocenters. The first kappa shape index (κ1) is 18.2. The van der Waals surface area contributed by atoms with Gasteiger partial charge in [-0.25, -0.2) is 9.79 Å². The van der Waals surface area contributed by atoms with Crippen molar-refractivity contribution in [2.75, 3.05) is 19.3 Å². The Bertz CT molecular complexity index is 739. The van der Waals surface area contributed by atoms with E-state index in [0.29, 0.717) is 11.7 Å². The number of aryl methyl sites for hydroxylation is 1. The van der Waals surface area contributed by atoms with Gasteiger partial charge in [-0.2, -0.15) is 0 Å². The molecule has 0 aromatic heterocycles. The number of hydrogen-bond acceptors (Lipinski definition) is 6. The van der Waals surface area contributed by atoms with Crippen molar-refractivity contribution in [3.05, 3.63) is 35.9 Å². The molecule has 0 bridgehead atoms. The summed E-state index contributed by atoms with van der Waals surface area (Å²) in [6, 6.07) is 9.03. The smallest absolute Gasteiger partial charge is 0.325 e. The average molecular weight is 375 g/mol. The standard InChI is InChI=1S/C17H21N5O3S/c1-21-14-13(15(24)20-16(21)25)22(17(19-14)26-10-12(18)23)9-5-8-11-6-3-2-4-7-11/h2-4,6-7,13-14H,5,8-10H2,1H3,(H2,18,23)(H,20,24,25). The van der Waals surface area contributed by atoms with Crippen LogP contribution in [0.15, 0.2) is 35.3 Å². The van der Waals surface area contributed by atoms with Gasteiger partial charge < -0.3 is 15.5 Å². The number of imide groups is 1. The Morgan fingerprint density at radius 3 is 2.73 bits per heavy atom.